The summed E-state index contributed by atoms with van der Waals surface area (Å²) < 4.78 is 283. The standard InChI is InChI=1S/C33H28F8N4O5.C33H31F5N4O5.C31H30F5N5O5/c1-16-11-21(32(36,37)38)26(30(47)44(16)2)20-7-6-17(19-5-4-8-42-28(19)20)12-24(31(48)49-3)43-29(46)27-22(34)13-18(14-23(27)35)45-9-10-50-15-25(45)33(39,40)41;1-17-12-18(2)41(3)31(44)27(17)22-8-7-19(21-6-5-9-39-29(21)22)13-25(32(45)46-4)40-30(43)28-23(34)14-20(15-24(28)35)42-10-11-47-16-26(42)33(36,37)38;1-6-23(31(34,35)36)38-17-13-20(32)25(21(33)14-17)27(42)39-22(29(44)46-5)12-16-9-10-19(26-18(16)8-7-11-37-26)24-15(2)40(3)30(45)41(4)28(24)43/h4-8,11,13-14,24-25H,9-10,12,15H2,1-3H3,(H,43,46);5-9,12,14-15,25-26H,10-11,13,16H2,1-4H3,(H,40,43);7-11,13-14,22-23,38H,6,12H2,1-5H3,(H,39,42)/t24-,25+;25-,26+;22-,23+/m000/s1. The van der Waals surface area contributed by atoms with Crippen molar-refractivity contribution < 1.29 is 131 Å². The van der Waals surface area contributed by atoms with Crippen molar-refractivity contribution in [3.63, 3.8) is 0 Å². The van der Waals surface area contributed by atoms with Crippen LogP contribution >= 0.6 is 0 Å². The van der Waals surface area contributed by atoms with Crippen LogP contribution in [0.1, 0.15) is 89.3 Å². The Balaban J connectivity index is 0.000000192. The molecule has 46 heteroatoms. The molecule has 2 saturated heterocycles. The molecule has 14 rings (SSSR count). The average Bonchev–Trinajstić information content (AvgIpc) is 0.758. The van der Waals surface area contributed by atoms with E-state index in [2.05, 4.69) is 30.9 Å². The Morgan fingerprint density at radius 3 is 1.12 bits per heavy atom. The van der Waals surface area contributed by atoms with E-state index in [4.69, 9.17) is 23.7 Å². The number of alkyl halides is 12. The Morgan fingerprint density at radius 1 is 0.441 bits per heavy atom. The van der Waals surface area contributed by atoms with Gasteiger partial charge in [0.25, 0.3) is 34.4 Å². The van der Waals surface area contributed by atoms with Gasteiger partial charge in [-0.3, -0.25) is 48.3 Å². The molecular weight excluding hydrogens is 1930 g/mol. The first-order valence-corrected chi connectivity index (χ1v) is 43.4. The smallest absolute Gasteiger partial charge is 0.417 e. The first-order chi connectivity index (χ1) is 67.3. The summed E-state index contributed by atoms with van der Waals surface area (Å²) >= 11 is 0. The maximum absolute atomic E-state index is 15.2. The highest BCUT2D eigenvalue weighted by atomic mass is 19.4. The lowest BCUT2D eigenvalue weighted by molar-refractivity contribution is -0.167. The molecule has 0 unspecified atom stereocenters. The number of hydrogen-bond acceptors (Lipinski definition) is 21. The Morgan fingerprint density at radius 2 is 0.776 bits per heavy atom. The number of rotatable bonds is 23. The number of amides is 3. The highest BCUT2D eigenvalue weighted by molar-refractivity contribution is 6.03. The minimum Gasteiger partial charge on any atom is -0.467 e. The molecule has 3 amide bonds. The van der Waals surface area contributed by atoms with E-state index in [0.717, 1.165) is 52.7 Å². The number of pyridine rings is 5. The van der Waals surface area contributed by atoms with E-state index in [9.17, 15) is 109 Å². The lowest BCUT2D eigenvalue weighted by Crippen LogP contribution is -2.53. The van der Waals surface area contributed by atoms with E-state index < -0.39 is 219 Å². The van der Waals surface area contributed by atoms with Gasteiger partial charge >= 0.3 is 48.3 Å². The third kappa shape index (κ3) is 22.8. The second kappa shape index (κ2) is 43.2. The van der Waals surface area contributed by atoms with Crippen molar-refractivity contribution >= 4 is 85.4 Å². The van der Waals surface area contributed by atoms with E-state index in [1.54, 1.807) is 68.7 Å². The first kappa shape index (κ1) is 107. The van der Waals surface area contributed by atoms with Crippen LogP contribution < -0.4 is 53.4 Å². The van der Waals surface area contributed by atoms with Gasteiger partial charge in [-0.05, 0) is 123 Å². The summed E-state index contributed by atoms with van der Waals surface area (Å²) in [6.07, 6.45) is -16.0. The number of aromatic nitrogens is 7. The second-order valence-corrected chi connectivity index (χ2v) is 33.3. The second-order valence-electron chi connectivity index (χ2n) is 33.3. The molecule has 6 aromatic heterocycles. The largest absolute Gasteiger partial charge is 0.467 e. The minimum atomic E-state index is -4.90. The van der Waals surface area contributed by atoms with E-state index in [1.807, 2.05) is 25.2 Å². The van der Waals surface area contributed by atoms with Gasteiger partial charge in [0.05, 0.1) is 86.6 Å². The molecule has 758 valence electrons. The monoisotopic (exact) mass is 2020 g/mol. The third-order valence-electron chi connectivity index (χ3n) is 24.4. The van der Waals surface area contributed by atoms with Crippen molar-refractivity contribution in [1.29, 1.82) is 0 Å². The Hall–Kier alpha value is -15.0. The first-order valence-electron chi connectivity index (χ1n) is 43.4. The fraction of sp³-hybridized carbons (Fsp3) is 0.330. The molecule has 0 radical (unpaired) electrons. The maximum atomic E-state index is 15.2. The summed E-state index contributed by atoms with van der Waals surface area (Å²) in [6.45, 7) is 5.49. The molecule has 28 nitrogen and oxygen atoms in total. The molecule has 0 aliphatic carbocycles. The number of aryl methyl sites for hydroxylation is 3. The number of carbonyl (C=O) groups excluding carboxylic acids is 6. The summed E-state index contributed by atoms with van der Waals surface area (Å²) in [6, 6.07) is 13.9. The number of methoxy groups -OCH3 is 3. The molecular formula is C97H89F18N13O15. The zero-order valence-corrected chi connectivity index (χ0v) is 77.8. The number of nitrogens with one attached hydrogen (secondary N) is 4. The molecule has 0 bridgehead atoms. The number of carbonyl (C=O) groups is 6. The van der Waals surface area contributed by atoms with Crippen molar-refractivity contribution in [3.8, 4) is 33.4 Å². The summed E-state index contributed by atoms with van der Waals surface area (Å²) in [5.74, 6) is -15.8. The Bertz CT molecular complexity index is 7180. The fourth-order valence-electron chi connectivity index (χ4n) is 16.8. The lowest BCUT2D eigenvalue weighted by atomic mass is 9.93. The van der Waals surface area contributed by atoms with Crippen LogP contribution in [-0.2, 0) is 91.7 Å². The zero-order chi connectivity index (χ0) is 105. The molecule has 2 fully saturated rings. The average molecular weight is 2020 g/mol. The number of esters is 3. The van der Waals surface area contributed by atoms with Crippen LogP contribution in [0, 0.1) is 62.6 Å². The van der Waals surface area contributed by atoms with Crippen LogP contribution in [0.2, 0.25) is 0 Å². The van der Waals surface area contributed by atoms with E-state index >= 15 is 17.6 Å². The number of fused-ring (bicyclic) bond motifs is 3. The van der Waals surface area contributed by atoms with Crippen molar-refractivity contribution in [1.82, 2.24) is 49.2 Å². The topological polar surface area (TPSA) is 330 Å². The van der Waals surface area contributed by atoms with Crippen LogP contribution in [0.4, 0.5) is 96.1 Å². The predicted octanol–water partition coefficient (Wildman–Crippen LogP) is 14.4. The molecule has 0 saturated carbocycles. The van der Waals surface area contributed by atoms with Gasteiger partial charge in [0.2, 0.25) is 0 Å². The minimum absolute atomic E-state index is 0.0423. The highest BCUT2D eigenvalue weighted by Crippen LogP contribution is 2.42. The van der Waals surface area contributed by atoms with Gasteiger partial charge in [-0.15, -0.1) is 0 Å². The van der Waals surface area contributed by atoms with Crippen LogP contribution in [0.3, 0.4) is 0 Å². The summed E-state index contributed by atoms with van der Waals surface area (Å²) in [5, 5.41) is 9.97. The molecule has 6 atom stereocenters. The molecule has 8 heterocycles. The number of hydrogen-bond donors (Lipinski definition) is 4. The van der Waals surface area contributed by atoms with Gasteiger partial charge in [-0.1, -0.05) is 61.5 Å². The predicted molar refractivity (Wildman–Crippen MR) is 486 cm³/mol. The van der Waals surface area contributed by atoms with E-state index in [1.165, 1.54) is 80.8 Å². The van der Waals surface area contributed by atoms with Crippen LogP contribution in [-0.4, -0.2) is 184 Å². The molecule has 6 aromatic carbocycles. The number of ether oxygens (including phenoxy) is 5. The summed E-state index contributed by atoms with van der Waals surface area (Å²) in [4.78, 5) is 144. The van der Waals surface area contributed by atoms with Crippen molar-refractivity contribution in [2.75, 3.05) is 76.0 Å². The molecule has 0 spiro atoms. The van der Waals surface area contributed by atoms with Crippen LogP contribution in [0.15, 0.2) is 159 Å². The Kier molecular flexibility index (Phi) is 32.3. The van der Waals surface area contributed by atoms with Crippen LogP contribution in [0.5, 0.6) is 0 Å². The maximum Gasteiger partial charge on any atom is 0.417 e. The van der Waals surface area contributed by atoms with Crippen LogP contribution in [0.25, 0.3) is 66.1 Å². The van der Waals surface area contributed by atoms with Gasteiger partial charge in [-0.2, -0.15) is 52.7 Å². The third-order valence-corrected chi connectivity index (χ3v) is 24.4. The number of nitrogens with zero attached hydrogens (tertiary/aromatic N) is 9. The fourth-order valence-corrected chi connectivity index (χ4v) is 16.8. The number of anilines is 3. The van der Waals surface area contributed by atoms with Gasteiger partial charge in [0.15, 0.2) is 0 Å². The van der Waals surface area contributed by atoms with Crippen molar-refractivity contribution in [2.24, 2.45) is 28.2 Å². The highest BCUT2D eigenvalue weighted by Gasteiger charge is 2.49. The van der Waals surface area contributed by atoms with Crippen molar-refractivity contribution in [2.45, 2.75) is 121 Å². The molecule has 12 aromatic rings. The number of halogens is 18. The van der Waals surface area contributed by atoms with Gasteiger partial charge < -0.3 is 68.5 Å². The quantitative estimate of drug-likeness (QED) is 0.0262. The molecule has 4 N–H and O–H groups in total. The SMILES string of the molecule is CC[C@@H](Nc1cc(F)c(C(=O)N[C@@H](Cc2ccc(-c3c(C)n(C)c(=O)n(C)c3=O)c3ncccc23)C(=O)OC)c(F)c1)C(F)(F)F.COC(=O)[C@H](Cc1ccc(-c2c(C(F)(F)F)cc(C)n(C)c2=O)c2ncccc12)NC(=O)c1c(F)cc(N2CCOC[C@@H]2C(F)(F)F)cc1F.COC(=O)[C@H](Cc1ccc(-c2c(C)cc(C)n(C)c2=O)c2ncccc12)NC(=O)c1c(F)cc(N2CCOC[C@@H]2C(F)(F)F)cc1F. The van der Waals surface area contributed by atoms with Gasteiger partial charge in [0.1, 0.15) is 87.8 Å². The van der Waals surface area contributed by atoms with Crippen molar-refractivity contribution in [3.05, 3.63) is 278 Å². The van der Waals surface area contributed by atoms with Gasteiger partial charge in [-0.25, -0.2) is 45.5 Å². The lowest BCUT2D eigenvalue weighted by Gasteiger charge is -2.38. The number of benzene rings is 6. The normalized spacial score (nSPS) is 15.0. The van der Waals surface area contributed by atoms with E-state index in [-0.39, 0.29) is 78.0 Å². The van der Waals surface area contributed by atoms with E-state index in [0.29, 0.717) is 96.6 Å². The zero-order valence-electron chi connectivity index (χ0n) is 77.8. The molecule has 143 heavy (non-hydrogen) atoms. The number of morpholine rings is 2. The summed E-state index contributed by atoms with van der Waals surface area (Å²) in [5.41, 5.74) is -3.48. The summed E-state index contributed by atoms with van der Waals surface area (Å²) in [7, 11) is 8.96. The molecule has 2 aliphatic heterocycles. The molecule has 2 aliphatic rings. The van der Waals surface area contributed by atoms with Gasteiger partial charge in [0, 0.05) is 146 Å². The Labute approximate surface area is 799 Å².